The summed E-state index contributed by atoms with van der Waals surface area (Å²) in [7, 11) is 0. The molecule has 1 saturated heterocycles. The summed E-state index contributed by atoms with van der Waals surface area (Å²) in [6, 6.07) is 11.6. The van der Waals surface area contributed by atoms with E-state index in [1.54, 1.807) is 4.90 Å². The van der Waals surface area contributed by atoms with Gasteiger partial charge in [0.15, 0.2) is 0 Å². The Bertz CT molecular complexity index is 892. The molecular formula is C24H33N3O4. The lowest BCUT2D eigenvalue weighted by Gasteiger charge is -2.34. The second-order valence-electron chi connectivity index (χ2n) is 8.76. The highest BCUT2D eigenvalue weighted by molar-refractivity contribution is 5.92. The van der Waals surface area contributed by atoms with Crippen molar-refractivity contribution < 1.29 is 19.1 Å². The van der Waals surface area contributed by atoms with Crippen LogP contribution < -0.4 is 10.1 Å². The molecule has 2 aromatic rings. The standard InChI is InChI=1S/C24H33N3O4/c1-5-30-20-9-6-8-18(16-20)17-25-22(28)21-10-7-13-27(21)19-11-14-26(15-12-19)23(29)31-24(2,3)4/h6-10,13,16,19H,5,11-12,14-15,17H2,1-4H3,(H,25,28). The number of nitrogens with zero attached hydrogens (tertiary/aromatic N) is 2. The Morgan fingerprint density at radius 3 is 2.55 bits per heavy atom. The molecule has 1 aromatic carbocycles. The van der Waals surface area contributed by atoms with Crippen molar-refractivity contribution in [3.63, 3.8) is 0 Å². The van der Waals surface area contributed by atoms with Crippen LogP contribution in [0.4, 0.5) is 4.79 Å². The highest BCUT2D eigenvalue weighted by atomic mass is 16.6. The Morgan fingerprint density at radius 1 is 1.13 bits per heavy atom. The molecule has 1 aliphatic heterocycles. The third kappa shape index (κ3) is 6.26. The maximum atomic E-state index is 12.8. The summed E-state index contributed by atoms with van der Waals surface area (Å²) < 4.78 is 13.0. The van der Waals surface area contributed by atoms with E-state index in [2.05, 4.69) is 5.32 Å². The quantitative estimate of drug-likeness (QED) is 0.742. The van der Waals surface area contributed by atoms with Crippen LogP contribution >= 0.6 is 0 Å². The van der Waals surface area contributed by atoms with E-state index in [-0.39, 0.29) is 18.0 Å². The van der Waals surface area contributed by atoms with Gasteiger partial charge in [-0.2, -0.15) is 0 Å². The van der Waals surface area contributed by atoms with Gasteiger partial charge in [0.25, 0.3) is 5.91 Å². The number of likely N-dealkylation sites (tertiary alicyclic amines) is 1. The van der Waals surface area contributed by atoms with Crippen molar-refractivity contribution in [2.24, 2.45) is 0 Å². The highest BCUT2D eigenvalue weighted by Gasteiger charge is 2.28. The van der Waals surface area contributed by atoms with Gasteiger partial charge >= 0.3 is 6.09 Å². The van der Waals surface area contributed by atoms with Gasteiger partial charge in [0.2, 0.25) is 0 Å². The van der Waals surface area contributed by atoms with Gasteiger partial charge in [-0.25, -0.2) is 4.79 Å². The minimum absolute atomic E-state index is 0.110. The molecule has 0 atom stereocenters. The number of carbonyl (C=O) groups excluding carboxylic acids is 2. The van der Waals surface area contributed by atoms with E-state index in [0.717, 1.165) is 24.2 Å². The number of ether oxygens (including phenoxy) is 2. The van der Waals surface area contributed by atoms with Gasteiger partial charge in [-0.15, -0.1) is 0 Å². The molecule has 0 saturated carbocycles. The number of carbonyl (C=O) groups is 2. The van der Waals surface area contributed by atoms with Gasteiger partial charge in [-0.1, -0.05) is 12.1 Å². The molecule has 0 bridgehead atoms. The van der Waals surface area contributed by atoms with Gasteiger partial charge in [0, 0.05) is 31.9 Å². The van der Waals surface area contributed by atoms with E-state index in [4.69, 9.17) is 9.47 Å². The predicted octanol–water partition coefficient (Wildman–Crippen LogP) is 4.39. The lowest BCUT2D eigenvalue weighted by Crippen LogP contribution is -2.42. The summed E-state index contributed by atoms with van der Waals surface area (Å²) >= 11 is 0. The first-order valence-electron chi connectivity index (χ1n) is 10.9. The Hall–Kier alpha value is -2.96. The molecule has 2 amide bonds. The van der Waals surface area contributed by atoms with E-state index in [9.17, 15) is 9.59 Å². The van der Waals surface area contributed by atoms with Crippen molar-refractivity contribution in [3.8, 4) is 5.75 Å². The molecule has 1 fully saturated rings. The fourth-order valence-electron chi connectivity index (χ4n) is 3.74. The van der Waals surface area contributed by atoms with Crippen LogP contribution in [0.1, 0.15) is 62.6 Å². The van der Waals surface area contributed by atoms with Crippen molar-refractivity contribution in [3.05, 3.63) is 53.9 Å². The van der Waals surface area contributed by atoms with Crippen LogP contribution in [0.5, 0.6) is 5.75 Å². The van der Waals surface area contributed by atoms with Gasteiger partial charge in [0.1, 0.15) is 17.0 Å². The van der Waals surface area contributed by atoms with Gasteiger partial charge in [-0.05, 0) is 70.4 Å². The Morgan fingerprint density at radius 2 is 1.87 bits per heavy atom. The Labute approximate surface area is 184 Å². The average molecular weight is 428 g/mol. The molecule has 1 aromatic heterocycles. The summed E-state index contributed by atoms with van der Waals surface area (Å²) in [6.07, 6.45) is 3.24. The molecule has 0 radical (unpaired) electrons. The molecule has 0 spiro atoms. The second kappa shape index (κ2) is 9.90. The third-order valence-corrected chi connectivity index (χ3v) is 5.18. The first-order valence-corrected chi connectivity index (χ1v) is 10.9. The highest BCUT2D eigenvalue weighted by Crippen LogP contribution is 2.26. The zero-order valence-electron chi connectivity index (χ0n) is 18.9. The fourth-order valence-corrected chi connectivity index (χ4v) is 3.74. The zero-order chi connectivity index (χ0) is 22.4. The van der Waals surface area contributed by atoms with E-state index in [1.807, 2.05) is 74.9 Å². The Kier molecular flexibility index (Phi) is 7.25. The Balaban J connectivity index is 1.57. The van der Waals surface area contributed by atoms with Crippen molar-refractivity contribution in [1.29, 1.82) is 0 Å². The monoisotopic (exact) mass is 427 g/mol. The SMILES string of the molecule is CCOc1cccc(CNC(=O)c2cccn2C2CCN(C(=O)OC(C)(C)C)CC2)c1. The predicted molar refractivity (Wildman–Crippen MR) is 119 cm³/mol. The van der Waals surface area contributed by atoms with Gasteiger partial charge in [-0.3, -0.25) is 4.79 Å². The van der Waals surface area contributed by atoms with E-state index < -0.39 is 5.60 Å². The molecule has 1 N–H and O–H groups in total. The topological polar surface area (TPSA) is 72.8 Å². The second-order valence-corrected chi connectivity index (χ2v) is 8.76. The minimum Gasteiger partial charge on any atom is -0.494 e. The smallest absolute Gasteiger partial charge is 0.410 e. The molecule has 3 rings (SSSR count). The zero-order valence-corrected chi connectivity index (χ0v) is 18.9. The molecular weight excluding hydrogens is 394 g/mol. The van der Waals surface area contributed by atoms with Crippen molar-refractivity contribution in [1.82, 2.24) is 14.8 Å². The number of amides is 2. The molecule has 0 unspecified atom stereocenters. The number of nitrogens with one attached hydrogen (secondary N) is 1. The van der Waals surface area contributed by atoms with E-state index >= 15 is 0 Å². The summed E-state index contributed by atoms with van der Waals surface area (Å²) in [5.74, 6) is 0.691. The van der Waals surface area contributed by atoms with Gasteiger partial charge < -0.3 is 24.3 Å². The lowest BCUT2D eigenvalue weighted by molar-refractivity contribution is 0.0187. The molecule has 7 heteroatoms. The van der Waals surface area contributed by atoms with Crippen LogP contribution in [0.25, 0.3) is 0 Å². The maximum Gasteiger partial charge on any atom is 0.410 e. The van der Waals surface area contributed by atoms with Crippen LogP contribution in [0.15, 0.2) is 42.6 Å². The lowest BCUT2D eigenvalue weighted by atomic mass is 10.0. The number of aromatic nitrogens is 1. The number of hydrogen-bond donors (Lipinski definition) is 1. The maximum absolute atomic E-state index is 12.8. The summed E-state index contributed by atoms with van der Waals surface area (Å²) in [5, 5.41) is 3.00. The van der Waals surface area contributed by atoms with Crippen molar-refractivity contribution in [2.75, 3.05) is 19.7 Å². The van der Waals surface area contributed by atoms with Crippen LogP contribution in [0.3, 0.4) is 0 Å². The summed E-state index contributed by atoms with van der Waals surface area (Å²) in [4.78, 5) is 26.9. The summed E-state index contributed by atoms with van der Waals surface area (Å²) in [5.41, 5.74) is 1.13. The van der Waals surface area contributed by atoms with E-state index in [0.29, 0.717) is 31.9 Å². The number of benzene rings is 1. The third-order valence-electron chi connectivity index (χ3n) is 5.18. The van der Waals surface area contributed by atoms with Crippen LogP contribution in [-0.4, -0.2) is 46.8 Å². The van der Waals surface area contributed by atoms with Crippen LogP contribution in [0.2, 0.25) is 0 Å². The van der Waals surface area contributed by atoms with Crippen molar-refractivity contribution in [2.45, 2.75) is 58.7 Å². The van der Waals surface area contributed by atoms with Gasteiger partial charge in [0.05, 0.1) is 6.61 Å². The number of piperidine rings is 1. The van der Waals surface area contributed by atoms with Crippen molar-refractivity contribution >= 4 is 12.0 Å². The minimum atomic E-state index is -0.498. The normalized spacial score (nSPS) is 14.9. The molecule has 7 nitrogen and oxygen atoms in total. The van der Waals surface area contributed by atoms with Crippen LogP contribution in [-0.2, 0) is 11.3 Å². The largest absolute Gasteiger partial charge is 0.494 e. The molecule has 2 heterocycles. The summed E-state index contributed by atoms with van der Waals surface area (Å²) in [6.45, 7) is 9.82. The average Bonchev–Trinajstić information content (AvgIpc) is 3.21. The number of hydrogen-bond acceptors (Lipinski definition) is 4. The van der Waals surface area contributed by atoms with E-state index in [1.165, 1.54) is 0 Å². The first kappa shape index (κ1) is 22.7. The first-order chi connectivity index (χ1) is 14.8. The molecule has 168 valence electrons. The number of rotatable bonds is 6. The molecule has 0 aliphatic carbocycles. The molecule has 1 aliphatic rings. The van der Waals surface area contributed by atoms with Crippen LogP contribution in [0, 0.1) is 0 Å². The molecule has 31 heavy (non-hydrogen) atoms. The fraction of sp³-hybridized carbons (Fsp3) is 0.500.